The van der Waals surface area contributed by atoms with Crippen LogP contribution in [-0.2, 0) is 4.79 Å². The molecule has 0 unspecified atom stereocenters. The molecule has 1 fully saturated rings. The van der Waals surface area contributed by atoms with Gasteiger partial charge in [-0.1, -0.05) is 6.07 Å². The van der Waals surface area contributed by atoms with Gasteiger partial charge in [0.05, 0.1) is 0 Å². The molecule has 0 spiro atoms. The highest BCUT2D eigenvalue weighted by molar-refractivity contribution is 6.02. The Kier molecular flexibility index (Phi) is 4.48. The largest absolute Gasteiger partial charge is 0.454 e. The summed E-state index contributed by atoms with van der Waals surface area (Å²) in [4.78, 5) is 14.3. The van der Waals surface area contributed by atoms with Crippen LogP contribution < -0.4 is 19.7 Å². The van der Waals surface area contributed by atoms with Gasteiger partial charge in [0, 0.05) is 30.5 Å². The molecule has 0 atom stereocenters. The van der Waals surface area contributed by atoms with E-state index in [9.17, 15) is 9.18 Å². The third-order valence-electron chi connectivity index (χ3n) is 4.45. The maximum atomic E-state index is 13.9. The molecule has 0 radical (unpaired) electrons. The molecule has 2 aliphatic heterocycles. The van der Waals surface area contributed by atoms with Crippen LogP contribution in [0.5, 0.6) is 11.5 Å². The molecule has 0 aromatic heterocycles. The Bertz CT molecular complexity index is 860. The van der Waals surface area contributed by atoms with Crippen molar-refractivity contribution in [2.45, 2.75) is 12.8 Å². The van der Waals surface area contributed by atoms with Crippen LogP contribution in [0.4, 0.5) is 15.8 Å². The second kappa shape index (κ2) is 7.07. The second-order valence-electron chi connectivity index (χ2n) is 6.33. The van der Waals surface area contributed by atoms with Crippen LogP contribution in [-0.4, -0.2) is 25.8 Å². The summed E-state index contributed by atoms with van der Waals surface area (Å²) in [5.41, 5.74) is 2.08. The summed E-state index contributed by atoms with van der Waals surface area (Å²) in [7, 11) is 0. The number of nitrogens with one attached hydrogen (secondary N) is 1. The summed E-state index contributed by atoms with van der Waals surface area (Å²) in [6, 6.07) is 10.1. The van der Waals surface area contributed by atoms with Crippen molar-refractivity contribution in [1.29, 1.82) is 0 Å². The van der Waals surface area contributed by atoms with E-state index >= 15 is 0 Å². The number of halogens is 1. The zero-order chi connectivity index (χ0) is 17.9. The molecule has 5 nitrogen and oxygen atoms in total. The first-order valence-electron chi connectivity index (χ1n) is 8.62. The van der Waals surface area contributed by atoms with E-state index in [2.05, 4.69) is 10.2 Å². The number of hydrogen-bond acceptors (Lipinski definition) is 4. The molecule has 1 N–H and O–H groups in total. The fourth-order valence-electron chi connectivity index (χ4n) is 3.18. The van der Waals surface area contributed by atoms with Gasteiger partial charge in [0.1, 0.15) is 5.82 Å². The van der Waals surface area contributed by atoms with Crippen LogP contribution in [0.2, 0.25) is 0 Å². The van der Waals surface area contributed by atoms with Gasteiger partial charge >= 0.3 is 0 Å². The Hall–Kier alpha value is -3.02. The number of fused-ring (bicyclic) bond motifs is 1. The van der Waals surface area contributed by atoms with Gasteiger partial charge in [-0.3, -0.25) is 4.79 Å². The molecule has 1 saturated heterocycles. The van der Waals surface area contributed by atoms with Crippen molar-refractivity contribution in [3.8, 4) is 11.5 Å². The number of carbonyl (C=O) groups is 1. The van der Waals surface area contributed by atoms with E-state index in [4.69, 9.17) is 9.47 Å². The number of carbonyl (C=O) groups excluding carboxylic acids is 1. The van der Waals surface area contributed by atoms with E-state index in [1.807, 2.05) is 6.07 Å². The first-order valence-corrected chi connectivity index (χ1v) is 8.62. The third kappa shape index (κ3) is 3.64. The highest BCUT2D eigenvalue weighted by Gasteiger charge is 2.15. The number of benzene rings is 2. The fourth-order valence-corrected chi connectivity index (χ4v) is 3.18. The minimum Gasteiger partial charge on any atom is -0.454 e. The highest BCUT2D eigenvalue weighted by atomic mass is 19.1. The second-order valence-corrected chi connectivity index (χ2v) is 6.33. The number of amides is 1. The van der Waals surface area contributed by atoms with Crippen molar-refractivity contribution >= 4 is 23.4 Å². The first-order chi connectivity index (χ1) is 12.7. The van der Waals surface area contributed by atoms with Gasteiger partial charge in [-0.2, -0.15) is 0 Å². The summed E-state index contributed by atoms with van der Waals surface area (Å²) >= 11 is 0. The number of ether oxygens (including phenoxy) is 2. The maximum absolute atomic E-state index is 13.9. The van der Waals surface area contributed by atoms with Crippen molar-refractivity contribution in [3.63, 3.8) is 0 Å². The van der Waals surface area contributed by atoms with Gasteiger partial charge in [-0.05, 0) is 54.8 Å². The lowest BCUT2D eigenvalue weighted by Gasteiger charge is -2.18. The molecule has 0 bridgehead atoms. The zero-order valence-corrected chi connectivity index (χ0v) is 14.2. The van der Waals surface area contributed by atoms with Crippen LogP contribution in [0.1, 0.15) is 18.4 Å². The van der Waals surface area contributed by atoms with Gasteiger partial charge in [-0.25, -0.2) is 4.39 Å². The molecule has 6 heteroatoms. The lowest BCUT2D eigenvalue weighted by molar-refractivity contribution is -0.111. The monoisotopic (exact) mass is 354 g/mol. The molecule has 0 saturated carbocycles. The summed E-state index contributed by atoms with van der Waals surface area (Å²) in [5.74, 6) is 0.679. The van der Waals surface area contributed by atoms with Gasteiger partial charge in [0.15, 0.2) is 11.5 Å². The van der Waals surface area contributed by atoms with E-state index in [1.165, 1.54) is 18.2 Å². The fraction of sp³-hybridized carbons (Fsp3) is 0.250. The minimum absolute atomic E-state index is 0.210. The van der Waals surface area contributed by atoms with Gasteiger partial charge in [0.2, 0.25) is 12.7 Å². The molecule has 1 amide bonds. The van der Waals surface area contributed by atoms with Crippen molar-refractivity contribution in [3.05, 3.63) is 53.9 Å². The summed E-state index contributed by atoms with van der Waals surface area (Å²) < 4.78 is 24.5. The summed E-state index contributed by atoms with van der Waals surface area (Å²) in [6.07, 6.45) is 5.31. The summed E-state index contributed by atoms with van der Waals surface area (Å²) in [5, 5.41) is 2.72. The molecule has 134 valence electrons. The average molecular weight is 354 g/mol. The highest BCUT2D eigenvalue weighted by Crippen LogP contribution is 2.32. The number of anilines is 2. The Morgan fingerprint density at radius 2 is 1.88 bits per heavy atom. The van der Waals surface area contributed by atoms with E-state index in [-0.39, 0.29) is 18.5 Å². The molecule has 26 heavy (non-hydrogen) atoms. The lowest BCUT2D eigenvalue weighted by Crippen LogP contribution is -2.18. The smallest absolute Gasteiger partial charge is 0.248 e. The molecule has 4 rings (SSSR count). The van der Waals surface area contributed by atoms with E-state index < -0.39 is 0 Å². The predicted octanol–water partition coefficient (Wildman–Crippen LogP) is 3.81. The van der Waals surface area contributed by atoms with Crippen molar-refractivity contribution < 1.29 is 18.7 Å². The number of hydrogen-bond donors (Lipinski definition) is 1. The topological polar surface area (TPSA) is 50.8 Å². The number of rotatable bonds is 4. The molecule has 2 aromatic carbocycles. The molecular formula is C20H19FN2O3. The molecule has 2 aliphatic rings. The maximum Gasteiger partial charge on any atom is 0.248 e. The molecule has 2 heterocycles. The normalized spacial score (nSPS) is 15.7. The molecule has 2 aromatic rings. The Balaban J connectivity index is 1.44. The Labute approximate surface area is 151 Å². The summed E-state index contributed by atoms with van der Waals surface area (Å²) in [6.45, 7) is 2.05. The van der Waals surface area contributed by atoms with Gasteiger partial charge in [-0.15, -0.1) is 0 Å². The van der Waals surface area contributed by atoms with E-state index in [1.54, 1.807) is 24.3 Å². The van der Waals surface area contributed by atoms with Gasteiger partial charge in [0.25, 0.3) is 0 Å². The average Bonchev–Trinajstić information content (AvgIpc) is 3.30. The first kappa shape index (κ1) is 16.4. The van der Waals surface area contributed by atoms with E-state index in [0.717, 1.165) is 37.2 Å². The van der Waals surface area contributed by atoms with E-state index in [0.29, 0.717) is 17.2 Å². The number of nitrogens with zero attached hydrogens (tertiary/aromatic N) is 1. The van der Waals surface area contributed by atoms with Crippen LogP contribution >= 0.6 is 0 Å². The van der Waals surface area contributed by atoms with Crippen molar-refractivity contribution in [1.82, 2.24) is 0 Å². The standard InChI is InChI=1S/C20H19FN2O3/c21-15-10-16(12-17(11-15)23-7-1-2-8-23)22-20(24)6-4-14-3-5-18-19(9-14)26-13-25-18/h3-6,9-12H,1-2,7-8,13H2,(H,22,24)/b6-4-. The zero-order valence-electron chi connectivity index (χ0n) is 14.2. The van der Waals surface area contributed by atoms with Crippen LogP contribution in [0.15, 0.2) is 42.5 Å². The Morgan fingerprint density at radius 1 is 1.08 bits per heavy atom. The third-order valence-corrected chi connectivity index (χ3v) is 4.45. The SMILES string of the molecule is O=C(/C=C\c1ccc2c(c1)OCO2)Nc1cc(F)cc(N2CCCC2)c1. The van der Waals surface area contributed by atoms with Gasteiger partial charge < -0.3 is 19.7 Å². The van der Waals surface area contributed by atoms with Crippen LogP contribution in [0.3, 0.4) is 0 Å². The quantitative estimate of drug-likeness (QED) is 0.849. The predicted molar refractivity (Wildman–Crippen MR) is 98.1 cm³/mol. The van der Waals surface area contributed by atoms with Crippen LogP contribution in [0.25, 0.3) is 6.08 Å². The van der Waals surface area contributed by atoms with Crippen LogP contribution in [0, 0.1) is 5.82 Å². The molecule has 0 aliphatic carbocycles. The van der Waals surface area contributed by atoms with Crippen molar-refractivity contribution in [2.24, 2.45) is 0 Å². The molecular weight excluding hydrogens is 335 g/mol. The van der Waals surface area contributed by atoms with Crippen molar-refractivity contribution in [2.75, 3.05) is 30.1 Å². The lowest BCUT2D eigenvalue weighted by atomic mass is 10.2. The minimum atomic E-state index is -0.357. The Morgan fingerprint density at radius 3 is 2.73 bits per heavy atom.